The van der Waals surface area contributed by atoms with E-state index in [0.29, 0.717) is 16.8 Å². The molecule has 0 spiro atoms. The third kappa shape index (κ3) is 2.04. The Kier molecular flexibility index (Phi) is 2.67. The van der Waals surface area contributed by atoms with Gasteiger partial charge in [0.05, 0.1) is 5.69 Å². The molecule has 0 atom stereocenters. The van der Waals surface area contributed by atoms with Crippen LogP contribution in [-0.4, -0.2) is 16.1 Å². The number of hydrogen-bond donors (Lipinski definition) is 1. The Balaban J connectivity index is 2.50. The molecule has 0 aliphatic heterocycles. The number of carboxylic acid groups (broad SMARTS) is 1. The van der Waals surface area contributed by atoms with Crippen molar-refractivity contribution in [1.29, 1.82) is 0 Å². The van der Waals surface area contributed by atoms with Gasteiger partial charge in [0.2, 0.25) is 11.7 Å². The summed E-state index contributed by atoms with van der Waals surface area (Å²) in [5, 5.41) is 8.83. The molecule has 0 saturated carbocycles. The molecule has 0 unspecified atom stereocenters. The molecule has 2 rings (SSSR count). The van der Waals surface area contributed by atoms with Crippen molar-refractivity contribution in [2.45, 2.75) is 13.8 Å². The minimum atomic E-state index is -1.17. The molecule has 1 N–H and O–H groups in total. The fraction of sp³-hybridized carbons (Fsp3) is 0.167. The number of carboxylic acids is 1. The molecule has 1 aromatic heterocycles. The van der Waals surface area contributed by atoms with E-state index in [1.807, 2.05) is 0 Å². The van der Waals surface area contributed by atoms with Gasteiger partial charge in [-0.2, -0.15) is 0 Å². The second-order valence-electron chi connectivity index (χ2n) is 3.70. The number of hydrogen-bond acceptors (Lipinski definition) is 3. The largest absolute Gasteiger partial charge is 0.475 e. The molecule has 0 aliphatic rings. The highest BCUT2D eigenvalue weighted by Crippen LogP contribution is 2.23. The molecule has 1 heterocycles. The number of carbonyl (C=O) groups is 1. The molecular formula is C12H10FNO3. The van der Waals surface area contributed by atoms with Gasteiger partial charge in [0.15, 0.2) is 0 Å². The lowest BCUT2D eigenvalue weighted by atomic mass is 10.1. The highest BCUT2D eigenvalue weighted by atomic mass is 19.1. The minimum absolute atomic E-state index is 0.183. The van der Waals surface area contributed by atoms with E-state index in [1.54, 1.807) is 19.9 Å². The Morgan fingerprint density at radius 2 is 2.12 bits per heavy atom. The standard InChI is InChI=1S/C12H10FNO3/c1-6-5-8(3-4-9(6)13)11-14-7(2)10(17-11)12(15)16/h3-5H,1-2H3,(H,15,16). The molecule has 17 heavy (non-hydrogen) atoms. The zero-order chi connectivity index (χ0) is 12.6. The van der Waals surface area contributed by atoms with Gasteiger partial charge in [0.1, 0.15) is 5.82 Å². The van der Waals surface area contributed by atoms with Crippen molar-refractivity contribution in [2.24, 2.45) is 0 Å². The van der Waals surface area contributed by atoms with E-state index in [2.05, 4.69) is 4.98 Å². The maximum atomic E-state index is 13.1. The lowest BCUT2D eigenvalue weighted by Gasteiger charge is -1.98. The van der Waals surface area contributed by atoms with Crippen molar-refractivity contribution < 1.29 is 18.7 Å². The summed E-state index contributed by atoms with van der Waals surface area (Å²) in [6.45, 7) is 3.17. The van der Waals surface area contributed by atoms with Crippen molar-refractivity contribution in [3.63, 3.8) is 0 Å². The Bertz CT molecular complexity index is 589. The zero-order valence-electron chi connectivity index (χ0n) is 9.32. The van der Waals surface area contributed by atoms with Crippen LogP contribution in [0.5, 0.6) is 0 Å². The summed E-state index contributed by atoms with van der Waals surface area (Å²) in [7, 11) is 0. The number of aromatic nitrogens is 1. The first-order valence-corrected chi connectivity index (χ1v) is 4.96. The molecular weight excluding hydrogens is 225 g/mol. The fourth-order valence-electron chi connectivity index (χ4n) is 1.50. The van der Waals surface area contributed by atoms with Crippen LogP contribution in [0.15, 0.2) is 22.6 Å². The smallest absolute Gasteiger partial charge is 0.373 e. The molecule has 0 amide bonds. The van der Waals surface area contributed by atoms with Crippen LogP contribution in [0.4, 0.5) is 4.39 Å². The SMILES string of the molecule is Cc1cc(-c2nc(C)c(C(=O)O)o2)ccc1F. The van der Waals surface area contributed by atoms with E-state index in [1.165, 1.54) is 12.1 Å². The lowest BCUT2D eigenvalue weighted by molar-refractivity contribution is 0.0662. The number of rotatable bonds is 2. The van der Waals surface area contributed by atoms with Crippen molar-refractivity contribution in [3.8, 4) is 11.5 Å². The van der Waals surface area contributed by atoms with Gasteiger partial charge in [-0.15, -0.1) is 0 Å². The first-order chi connectivity index (χ1) is 7.99. The van der Waals surface area contributed by atoms with Gasteiger partial charge in [-0.3, -0.25) is 0 Å². The van der Waals surface area contributed by atoms with Crippen LogP contribution in [0.3, 0.4) is 0 Å². The molecule has 0 saturated heterocycles. The topological polar surface area (TPSA) is 63.3 Å². The summed E-state index contributed by atoms with van der Waals surface area (Å²) >= 11 is 0. The number of nitrogens with zero attached hydrogens (tertiary/aromatic N) is 1. The maximum Gasteiger partial charge on any atom is 0.373 e. The van der Waals surface area contributed by atoms with E-state index in [9.17, 15) is 9.18 Å². The van der Waals surface area contributed by atoms with E-state index >= 15 is 0 Å². The first kappa shape index (κ1) is 11.3. The highest BCUT2D eigenvalue weighted by Gasteiger charge is 2.17. The Morgan fingerprint density at radius 3 is 2.65 bits per heavy atom. The summed E-state index contributed by atoms with van der Waals surface area (Å²) in [6, 6.07) is 4.36. The second-order valence-corrected chi connectivity index (χ2v) is 3.70. The number of aromatic carboxylic acids is 1. The third-order valence-electron chi connectivity index (χ3n) is 2.40. The van der Waals surface area contributed by atoms with Gasteiger partial charge < -0.3 is 9.52 Å². The van der Waals surface area contributed by atoms with Crippen LogP contribution in [0.25, 0.3) is 11.5 Å². The predicted molar refractivity (Wildman–Crippen MR) is 58.3 cm³/mol. The van der Waals surface area contributed by atoms with Crippen LogP contribution in [0.1, 0.15) is 21.8 Å². The Labute approximate surface area is 96.7 Å². The fourth-order valence-corrected chi connectivity index (χ4v) is 1.50. The molecule has 0 radical (unpaired) electrons. The van der Waals surface area contributed by atoms with E-state index < -0.39 is 5.97 Å². The summed E-state index contributed by atoms with van der Waals surface area (Å²) < 4.78 is 18.2. The van der Waals surface area contributed by atoms with Crippen LogP contribution in [0.2, 0.25) is 0 Å². The minimum Gasteiger partial charge on any atom is -0.475 e. The monoisotopic (exact) mass is 235 g/mol. The van der Waals surface area contributed by atoms with Crippen molar-refractivity contribution >= 4 is 5.97 Å². The van der Waals surface area contributed by atoms with E-state index in [4.69, 9.17) is 9.52 Å². The van der Waals surface area contributed by atoms with E-state index in [-0.39, 0.29) is 17.5 Å². The lowest BCUT2D eigenvalue weighted by Crippen LogP contribution is -1.95. The van der Waals surface area contributed by atoms with Crippen LogP contribution in [0, 0.1) is 19.7 Å². The predicted octanol–water partition coefficient (Wildman–Crippen LogP) is 2.80. The maximum absolute atomic E-state index is 13.1. The molecule has 1 aromatic carbocycles. The van der Waals surface area contributed by atoms with Gasteiger partial charge in [-0.1, -0.05) is 0 Å². The average molecular weight is 235 g/mol. The van der Waals surface area contributed by atoms with Gasteiger partial charge >= 0.3 is 5.97 Å². The molecule has 5 heteroatoms. The van der Waals surface area contributed by atoms with Crippen LogP contribution >= 0.6 is 0 Å². The van der Waals surface area contributed by atoms with Crippen molar-refractivity contribution in [2.75, 3.05) is 0 Å². The molecule has 2 aromatic rings. The van der Waals surface area contributed by atoms with Gasteiger partial charge in [0.25, 0.3) is 0 Å². The van der Waals surface area contributed by atoms with Gasteiger partial charge in [-0.05, 0) is 37.6 Å². The quantitative estimate of drug-likeness (QED) is 0.869. The number of oxazole rings is 1. The average Bonchev–Trinajstić information content (AvgIpc) is 2.64. The first-order valence-electron chi connectivity index (χ1n) is 4.96. The van der Waals surface area contributed by atoms with Crippen LogP contribution < -0.4 is 0 Å². The summed E-state index contributed by atoms with van der Waals surface area (Å²) in [4.78, 5) is 14.8. The normalized spacial score (nSPS) is 10.5. The number of benzene rings is 1. The Morgan fingerprint density at radius 1 is 1.41 bits per heavy atom. The number of aryl methyl sites for hydroxylation is 2. The summed E-state index contributed by atoms with van der Waals surface area (Å²) in [5.41, 5.74) is 1.31. The molecule has 0 bridgehead atoms. The van der Waals surface area contributed by atoms with Crippen molar-refractivity contribution in [3.05, 3.63) is 41.0 Å². The Hall–Kier alpha value is -2.17. The molecule has 0 fully saturated rings. The molecule has 88 valence electrons. The number of halogens is 1. The van der Waals surface area contributed by atoms with Crippen molar-refractivity contribution in [1.82, 2.24) is 4.98 Å². The van der Waals surface area contributed by atoms with Gasteiger partial charge in [-0.25, -0.2) is 14.2 Å². The molecule has 4 nitrogen and oxygen atoms in total. The summed E-state index contributed by atoms with van der Waals surface area (Å²) in [5.74, 6) is -1.50. The van der Waals surface area contributed by atoms with E-state index in [0.717, 1.165) is 0 Å². The second kappa shape index (κ2) is 4.01. The molecule has 0 aliphatic carbocycles. The summed E-state index contributed by atoms with van der Waals surface area (Å²) in [6.07, 6.45) is 0. The third-order valence-corrected chi connectivity index (χ3v) is 2.40. The highest BCUT2D eigenvalue weighted by molar-refractivity contribution is 5.86. The van der Waals surface area contributed by atoms with Gasteiger partial charge in [0, 0.05) is 5.56 Å². The zero-order valence-corrected chi connectivity index (χ0v) is 9.32. The van der Waals surface area contributed by atoms with Crippen LogP contribution in [-0.2, 0) is 0 Å².